The van der Waals surface area contributed by atoms with Crippen molar-refractivity contribution in [2.24, 2.45) is 12.8 Å². The van der Waals surface area contributed by atoms with Crippen LogP contribution in [-0.2, 0) is 7.05 Å². The molecule has 7 heteroatoms. The van der Waals surface area contributed by atoms with Gasteiger partial charge in [-0.1, -0.05) is 12.1 Å². The molecule has 2 aromatic carbocycles. The van der Waals surface area contributed by atoms with Crippen LogP contribution in [0.3, 0.4) is 0 Å². The summed E-state index contributed by atoms with van der Waals surface area (Å²) in [7, 11) is 1.98. The number of nitrogens with zero attached hydrogens (tertiary/aromatic N) is 5. The van der Waals surface area contributed by atoms with Crippen molar-refractivity contribution in [2.75, 3.05) is 18.0 Å². The number of para-hydroxylation sites is 2. The monoisotopic (exact) mass is 412 g/mol. The summed E-state index contributed by atoms with van der Waals surface area (Å²) >= 11 is 0. The van der Waals surface area contributed by atoms with Gasteiger partial charge in [-0.25, -0.2) is 9.37 Å². The molecule has 0 bridgehead atoms. The zero-order valence-corrected chi connectivity index (χ0v) is 17.1. The summed E-state index contributed by atoms with van der Waals surface area (Å²) in [5.74, 6) is 0.328. The Balaban J connectivity index is 1.78. The average molecular weight is 412 g/mol. The topological polar surface area (TPSA) is 83.8 Å². The Hall–Kier alpha value is -3.76. The van der Waals surface area contributed by atoms with E-state index in [2.05, 4.69) is 9.88 Å². The number of hydrogen-bond acceptors (Lipinski definition) is 5. The van der Waals surface area contributed by atoms with Crippen LogP contribution in [0.2, 0.25) is 0 Å². The molecule has 154 valence electrons. The van der Waals surface area contributed by atoms with Crippen LogP contribution in [0, 0.1) is 17.1 Å². The number of pyridine rings is 1. The molecule has 1 aliphatic rings. The third-order valence-electron chi connectivity index (χ3n) is 5.82. The van der Waals surface area contributed by atoms with Gasteiger partial charge in [0.05, 0.1) is 33.9 Å². The van der Waals surface area contributed by atoms with E-state index < -0.39 is 5.82 Å². The van der Waals surface area contributed by atoms with Gasteiger partial charge in [-0.2, -0.15) is 5.26 Å². The largest absolute Gasteiger partial charge is 0.369 e. The first-order valence-electron chi connectivity index (χ1n) is 10.2. The van der Waals surface area contributed by atoms with E-state index in [1.807, 2.05) is 41.9 Å². The van der Waals surface area contributed by atoms with Crippen LogP contribution < -0.4 is 10.6 Å². The molecule has 2 N–H and O–H groups in total. The maximum atomic E-state index is 14.3. The van der Waals surface area contributed by atoms with Gasteiger partial charge in [0.25, 0.3) is 0 Å². The van der Waals surface area contributed by atoms with E-state index in [9.17, 15) is 9.65 Å². The number of nitriles is 1. The lowest BCUT2D eigenvalue weighted by molar-refractivity contribution is 0.628. The van der Waals surface area contributed by atoms with Crippen molar-refractivity contribution < 1.29 is 4.39 Å². The number of anilines is 1. The molecule has 0 radical (unpaired) electrons. The molecule has 0 amide bonds. The maximum Gasteiger partial charge on any atom is 0.144 e. The zero-order chi connectivity index (χ0) is 21.5. The van der Waals surface area contributed by atoms with Gasteiger partial charge in [0.2, 0.25) is 0 Å². The minimum Gasteiger partial charge on any atom is -0.369 e. The molecule has 5 rings (SSSR count). The zero-order valence-electron chi connectivity index (χ0n) is 17.1. The highest BCUT2D eigenvalue weighted by atomic mass is 19.1. The second kappa shape index (κ2) is 7.49. The second-order valence-corrected chi connectivity index (χ2v) is 7.90. The minimum atomic E-state index is -0.453. The summed E-state index contributed by atoms with van der Waals surface area (Å²) in [6, 6.07) is 14.4. The van der Waals surface area contributed by atoms with Crippen molar-refractivity contribution in [3.8, 4) is 28.6 Å². The van der Waals surface area contributed by atoms with E-state index in [4.69, 9.17) is 10.7 Å². The predicted molar refractivity (Wildman–Crippen MR) is 119 cm³/mol. The Morgan fingerprint density at radius 3 is 2.71 bits per heavy atom. The lowest BCUT2D eigenvalue weighted by Gasteiger charge is -2.25. The average Bonchev–Trinajstić information content (AvgIpc) is 3.36. The van der Waals surface area contributed by atoms with Crippen LogP contribution in [0.5, 0.6) is 0 Å². The first-order valence-corrected chi connectivity index (χ1v) is 10.2. The van der Waals surface area contributed by atoms with Crippen LogP contribution in [0.4, 0.5) is 10.1 Å². The van der Waals surface area contributed by atoms with E-state index in [-0.39, 0.29) is 11.6 Å². The highest BCUT2D eigenvalue weighted by molar-refractivity contribution is 5.91. The van der Waals surface area contributed by atoms with Crippen LogP contribution in [0.25, 0.3) is 33.5 Å². The third kappa shape index (κ3) is 3.31. The molecular formula is C24H21FN6. The molecule has 1 aliphatic heterocycles. The molecule has 31 heavy (non-hydrogen) atoms. The van der Waals surface area contributed by atoms with Crippen LogP contribution in [0.15, 0.2) is 54.9 Å². The molecule has 0 saturated carbocycles. The van der Waals surface area contributed by atoms with E-state index in [1.165, 1.54) is 12.1 Å². The fourth-order valence-corrected chi connectivity index (χ4v) is 4.36. The van der Waals surface area contributed by atoms with E-state index in [1.54, 1.807) is 18.5 Å². The van der Waals surface area contributed by atoms with Crippen molar-refractivity contribution in [3.63, 3.8) is 0 Å². The van der Waals surface area contributed by atoms with Gasteiger partial charge in [-0.05, 0) is 42.3 Å². The number of hydrogen-bond donors (Lipinski definition) is 1. The predicted octanol–water partition coefficient (Wildman–Crippen LogP) is 3.85. The van der Waals surface area contributed by atoms with Gasteiger partial charge in [0.15, 0.2) is 0 Å². The van der Waals surface area contributed by atoms with Crippen molar-refractivity contribution >= 4 is 16.7 Å². The lowest BCUT2D eigenvalue weighted by atomic mass is 9.99. The van der Waals surface area contributed by atoms with Crippen molar-refractivity contribution in [2.45, 2.75) is 12.5 Å². The van der Waals surface area contributed by atoms with E-state index in [0.29, 0.717) is 12.1 Å². The molecule has 0 unspecified atom stereocenters. The van der Waals surface area contributed by atoms with Crippen LogP contribution >= 0.6 is 0 Å². The first kappa shape index (κ1) is 19.2. The van der Waals surface area contributed by atoms with Crippen LogP contribution in [0.1, 0.15) is 12.0 Å². The minimum absolute atomic E-state index is 0.0662. The standard InChI is InChI=1S/C24H21FN6/c1-30-22-5-3-2-4-21(22)29-24(30)20-13-28-12-19(23(20)31-7-6-18(27)14-31)16-8-15(11-26)9-17(25)10-16/h2-5,8-10,12-13,18H,6-7,14,27H2,1H3/t18-/m0/s1. The van der Waals surface area contributed by atoms with Gasteiger partial charge in [-0.15, -0.1) is 0 Å². The molecule has 4 aromatic rings. The second-order valence-electron chi connectivity index (χ2n) is 7.90. The fourth-order valence-electron chi connectivity index (χ4n) is 4.36. The molecule has 0 spiro atoms. The molecule has 1 atom stereocenters. The van der Waals surface area contributed by atoms with Crippen LogP contribution in [-0.4, -0.2) is 33.7 Å². The number of fused-ring (bicyclic) bond motifs is 1. The number of nitrogens with two attached hydrogens (primary N) is 1. The highest BCUT2D eigenvalue weighted by Crippen LogP contribution is 2.40. The number of aromatic nitrogens is 3. The summed E-state index contributed by atoms with van der Waals surface area (Å²) in [5, 5.41) is 9.33. The fraction of sp³-hybridized carbons (Fsp3) is 0.208. The SMILES string of the molecule is Cn1c(-c2cncc(-c3cc(F)cc(C#N)c3)c2N2CC[C@H](N)C2)nc2ccccc21. The summed E-state index contributed by atoms with van der Waals surface area (Å²) in [6.45, 7) is 1.48. The van der Waals surface area contributed by atoms with Crippen molar-refractivity contribution in [1.29, 1.82) is 5.26 Å². The summed E-state index contributed by atoms with van der Waals surface area (Å²) < 4.78 is 16.3. The normalized spacial score (nSPS) is 16.1. The quantitative estimate of drug-likeness (QED) is 0.553. The van der Waals surface area contributed by atoms with Crippen molar-refractivity contribution in [3.05, 3.63) is 66.2 Å². The summed E-state index contributed by atoms with van der Waals surface area (Å²) in [4.78, 5) is 11.5. The molecule has 1 fully saturated rings. The van der Waals surface area contributed by atoms with Crippen molar-refractivity contribution in [1.82, 2.24) is 14.5 Å². The molecular weight excluding hydrogens is 391 g/mol. The van der Waals surface area contributed by atoms with E-state index in [0.717, 1.165) is 46.6 Å². The van der Waals surface area contributed by atoms with E-state index >= 15 is 0 Å². The Bertz CT molecular complexity index is 1340. The molecule has 6 nitrogen and oxygen atoms in total. The number of benzene rings is 2. The Morgan fingerprint density at radius 2 is 1.97 bits per heavy atom. The van der Waals surface area contributed by atoms with Gasteiger partial charge in [0, 0.05) is 44.1 Å². The maximum absolute atomic E-state index is 14.3. The highest BCUT2D eigenvalue weighted by Gasteiger charge is 2.27. The van der Waals surface area contributed by atoms with Gasteiger partial charge >= 0.3 is 0 Å². The Kier molecular flexibility index (Phi) is 4.64. The molecule has 1 saturated heterocycles. The molecule has 3 heterocycles. The smallest absolute Gasteiger partial charge is 0.144 e. The number of aryl methyl sites for hydroxylation is 1. The summed E-state index contributed by atoms with van der Waals surface area (Å²) in [6.07, 6.45) is 4.39. The molecule has 2 aromatic heterocycles. The molecule has 0 aliphatic carbocycles. The van der Waals surface area contributed by atoms with Gasteiger partial charge in [0.1, 0.15) is 11.6 Å². The summed E-state index contributed by atoms with van der Waals surface area (Å²) in [5.41, 5.74) is 11.5. The lowest BCUT2D eigenvalue weighted by Crippen LogP contribution is -2.27. The first-order chi connectivity index (χ1) is 15.0. The third-order valence-corrected chi connectivity index (χ3v) is 5.82. The number of imidazole rings is 1. The number of rotatable bonds is 3. The number of halogens is 1. The van der Waals surface area contributed by atoms with Gasteiger partial charge < -0.3 is 15.2 Å². The Labute approximate surface area is 179 Å². The Morgan fingerprint density at radius 1 is 1.16 bits per heavy atom. The van der Waals surface area contributed by atoms with Gasteiger partial charge in [-0.3, -0.25) is 4.98 Å².